The van der Waals surface area contributed by atoms with Gasteiger partial charge in [0.25, 0.3) is 0 Å². The van der Waals surface area contributed by atoms with E-state index in [1.807, 2.05) is 6.07 Å². The van der Waals surface area contributed by atoms with Gasteiger partial charge >= 0.3 is 0 Å². The summed E-state index contributed by atoms with van der Waals surface area (Å²) < 4.78 is 63.4. The number of nitrogens with zero attached hydrogens (tertiary/aromatic N) is 3. The van der Waals surface area contributed by atoms with Gasteiger partial charge in [-0.1, -0.05) is 6.07 Å². The van der Waals surface area contributed by atoms with E-state index in [4.69, 9.17) is 11.0 Å². The molecule has 0 saturated heterocycles. The van der Waals surface area contributed by atoms with Gasteiger partial charge in [0.2, 0.25) is 0 Å². The van der Waals surface area contributed by atoms with E-state index in [0.717, 1.165) is 12.1 Å². The lowest BCUT2D eigenvalue weighted by molar-refractivity contribution is 0.312. The average molecular weight is 450 g/mol. The molecular weight excluding hydrogens is 429 g/mol. The zero-order valence-electron chi connectivity index (χ0n) is 16.8. The smallest absolute Gasteiger partial charge is 0.149 e. The number of nitriles is 1. The minimum absolute atomic E-state index is 0.0408. The molecule has 1 aliphatic heterocycles. The van der Waals surface area contributed by atoms with Crippen LogP contribution in [0.25, 0.3) is 11.9 Å². The third kappa shape index (κ3) is 4.04. The molecule has 0 amide bonds. The van der Waals surface area contributed by atoms with Gasteiger partial charge in [0.15, 0.2) is 0 Å². The van der Waals surface area contributed by atoms with E-state index < -0.39 is 44.9 Å². The van der Waals surface area contributed by atoms with Gasteiger partial charge in [-0.2, -0.15) is 15.9 Å². The van der Waals surface area contributed by atoms with E-state index >= 15 is 0 Å². The number of amidine groups is 1. The molecule has 31 heavy (non-hydrogen) atoms. The van der Waals surface area contributed by atoms with Crippen LogP contribution in [-0.4, -0.2) is 37.1 Å². The van der Waals surface area contributed by atoms with Crippen LogP contribution in [0.3, 0.4) is 0 Å². The Morgan fingerprint density at radius 2 is 2.03 bits per heavy atom. The number of rotatable bonds is 4. The SMILES string of the molecule is CC1(C)C(N)=N[C@](CF)(c2cc(/C=C(\F)c3ccc(C#N)cn3)ccc2F)CS1(O)O. The zero-order chi connectivity index (χ0) is 23.0. The molecule has 0 unspecified atom stereocenters. The Labute approximate surface area is 179 Å². The maximum Gasteiger partial charge on any atom is 0.149 e. The van der Waals surface area contributed by atoms with Crippen LogP contribution in [0.5, 0.6) is 0 Å². The van der Waals surface area contributed by atoms with E-state index in [0.29, 0.717) is 0 Å². The van der Waals surface area contributed by atoms with Crippen molar-refractivity contribution in [2.24, 2.45) is 10.7 Å². The molecule has 164 valence electrons. The van der Waals surface area contributed by atoms with Crippen LogP contribution in [-0.2, 0) is 5.54 Å². The Bertz CT molecular complexity index is 1110. The number of alkyl halides is 1. The largest absolute Gasteiger partial charge is 0.386 e. The first-order valence-electron chi connectivity index (χ1n) is 9.17. The predicted molar refractivity (Wildman–Crippen MR) is 115 cm³/mol. The van der Waals surface area contributed by atoms with Crippen molar-refractivity contribution in [2.45, 2.75) is 24.1 Å². The Morgan fingerprint density at radius 1 is 1.32 bits per heavy atom. The molecule has 6 nitrogen and oxygen atoms in total. The van der Waals surface area contributed by atoms with Crippen LogP contribution in [0.1, 0.15) is 36.2 Å². The van der Waals surface area contributed by atoms with Crippen LogP contribution in [0.4, 0.5) is 13.2 Å². The van der Waals surface area contributed by atoms with Gasteiger partial charge in [0.1, 0.15) is 40.5 Å². The highest BCUT2D eigenvalue weighted by Crippen LogP contribution is 2.59. The number of pyridine rings is 1. The minimum Gasteiger partial charge on any atom is -0.386 e. The van der Waals surface area contributed by atoms with E-state index in [-0.39, 0.29) is 28.2 Å². The molecule has 3 rings (SSSR count). The van der Waals surface area contributed by atoms with Gasteiger partial charge in [-0.05, 0) is 49.8 Å². The summed E-state index contributed by atoms with van der Waals surface area (Å²) in [6.07, 6.45) is 2.28. The summed E-state index contributed by atoms with van der Waals surface area (Å²) in [6, 6.07) is 8.10. The van der Waals surface area contributed by atoms with Crippen LogP contribution in [0.2, 0.25) is 0 Å². The minimum atomic E-state index is -3.47. The third-order valence-corrected chi connectivity index (χ3v) is 8.08. The molecule has 2 aromatic rings. The number of nitrogens with two attached hydrogens (primary N) is 1. The number of halogens is 3. The summed E-state index contributed by atoms with van der Waals surface area (Å²) in [5.41, 5.74) is 4.10. The fourth-order valence-electron chi connectivity index (χ4n) is 3.17. The molecule has 10 heteroatoms. The van der Waals surface area contributed by atoms with Crippen LogP contribution < -0.4 is 5.73 Å². The second-order valence-corrected chi connectivity index (χ2v) is 10.4. The molecule has 0 fully saturated rings. The molecular formula is C21H21F3N4O2S. The number of hydrogen-bond donors (Lipinski definition) is 3. The van der Waals surface area contributed by atoms with E-state index in [1.54, 1.807) is 0 Å². The number of hydrogen-bond acceptors (Lipinski definition) is 6. The zero-order valence-corrected chi connectivity index (χ0v) is 17.6. The van der Waals surface area contributed by atoms with Gasteiger partial charge in [-0.25, -0.2) is 13.2 Å². The number of aromatic nitrogens is 1. The van der Waals surface area contributed by atoms with Crippen molar-refractivity contribution in [1.29, 1.82) is 5.26 Å². The highest BCUT2D eigenvalue weighted by molar-refractivity contribution is 8.26. The third-order valence-electron chi connectivity index (χ3n) is 5.35. The van der Waals surface area contributed by atoms with E-state index in [2.05, 4.69) is 9.98 Å². The van der Waals surface area contributed by atoms with Gasteiger partial charge in [0, 0.05) is 11.8 Å². The summed E-state index contributed by atoms with van der Waals surface area (Å²) in [5, 5.41) is 8.80. The van der Waals surface area contributed by atoms with Gasteiger partial charge < -0.3 is 5.73 Å². The molecule has 1 aromatic heterocycles. The lowest BCUT2D eigenvalue weighted by Crippen LogP contribution is -2.53. The average Bonchev–Trinajstić information content (AvgIpc) is 2.73. The molecule has 1 atom stereocenters. The molecule has 0 spiro atoms. The lowest BCUT2D eigenvalue weighted by Gasteiger charge is -2.53. The lowest BCUT2D eigenvalue weighted by atomic mass is 9.90. The van der Waals surface area contributed by atoms with E-state index in [9.17, 15) is 22.3 Å². The van der Waals surface area contributed by atoms with Crippen molar-refractivity contribution in [3.05, 3.63) is 64.7 Å². The fourth-order valence-corrected chi connectivity index (χ4v) is 4.87. The molecule has 0 bridgehead atoms. The van der Waals surface area contributed by atoms with Crippen LogP contribution in [0, 0.1) is 17.1 Å². The maximum atomic E-state index is 14.7. The van der Waals surface area contributed by atoms with Crippen molar-refractivity contribution < 1.29 is 22.3 Å². The molecule has 2 heterocycles. The summed E-state index contributed by atoms with van der Waals surface area (Å²) in [7, 11) is -3.47. The van der Waals surface area contributed by atoms with Crippen LogP contribution in [0.15, 0.2) is 41.5 Å². The molecule has 0 saturated carbocycles. The van der Waals surface area contributed by atoms with Gasteiger partial charge in [-0.3, -0.25) is 19.1 Å². The highest BCUT2D eigenvalue weighted by Gasteiger charge is 2.51. The summed E-state index contributed by atoms with van der Waals surface area (Å²) >= 11 is 0. The van der Waals surface area contributed by atoms with Crippen LogP contribution >= 0.6 is 10.6 Å². The first-order chi connectivity index (χ1) is 14.5. The van der Waals surface area contributed by atoms with Gasteiger partial charge in [-0.15, -0.1) is 0 Å². The standard InChI is InChI=1S/C21H21F3N4O2S/c1-20(2)19(26)28-21(11-22,12-31(20,29)30)15-7-13(3-5-16(15)23)8-17(24)18-6-4-14(9-25)10-27-18/h3-8,10,29-30H,11-12H2,1-2H3,(H2,26,28)/b17-8-/t21-/m0/s1. The van der Waals surface area contributed by atoms with Gasteiger partial charge in [0.05, 0.1) is 17.0 Å². The van der Waals surface area contributed by atoms with Crippen molar-refractivity contribution in [3.63, 3.8) is 0 Å². The first-order valence-corrected chi connectivity index (χ1v) is 10.9. The highest BCUT2D eigenvalue weighted by atomic mass is 32.3. The topological polar surface area (TPSA) is 116 Å². The van der Waals surface area contributed by atoms with Crippen molar-refractivity contribution in [1.82, 2.24) is 4.98 Å². The Morgan fingerprint density at radius 3 is 2.58 bits per heavy atom. The summed E-state index contributed by atoms with van der Waals surface area (Å²) in [5.74, 6) is -2.36. The van der Waals surface area contributed by atoms with Crippen molar-refractivity contribution in [3.8, 4) is 6.07 Å². The van der Waals surface area contributed by atoms with Crippen molar-refractivity contribution in [2.75, 3.05) is 12.4 Å². The second-order valence-electron chi connectivity index (χ2n) is 7.76. The molecule has 1 aromatic carbocycles. The quantitative estimate of drug-likeness (QED) is 0.628. The molecule has 0 aliphatic carbocycles. The van der Waals surface area contributed by atoms with E-state index in [1.165, 1.54) is 44.3 Å². The summed E-state index contributed by atoms with van der Waals surface area (Å²) in [6.45, 7) is 1.71. The maximum absolute atomic E-state index is 14.7. The number of benzene rings is 1. The Balaban J connectivity index is 2.08. The first kappa shape index (κ1) is 22.8. The predicted octanol–water partition coefficient (Wildman–Crippen LogP) is 4.62. The molecule has 4 N–H and O–H groups in total. The molecule has 0 radical (unpaired) electrons. The monoisotopic (exact) mass is 450 g/mol. The van der Waals surface area contributed by atoms with Crippen molar-refractivity contribution >= 4 is 28.3 Å². The fraction of sp³-hybridized carbons (Fsp3) is 0.286. The number of aliphatic imine (C=N–C) groups is 1. The Kier molecular flexibility index (Phi) is 5.88. The normalized spacial score (nSPS) is 23.5. The summed E-state index contributed by atoms with van der Waals surface area (Å²) in [4.78, 5) is 7.98. The molecule has 1 aliphatic rings. The second kappa shape index (κ2) is 8.00. The Hall–Kier alpha value is -2.87.